The van der Waals surface area contributed by atoms with Gasteiger partial charge in [-0.25, -0.2) is 14.5 Å². The second-order valence-corrected chi connectivity index (χ2v) is 7.46. The van der Waals surface area contributed by atoms with Gasteiger partial charge in [0.15, 0.2) is 5.65 Å². The molecule has 1 N–H and O–H groups in total. The van der Waals surface area contributed by atoms with Crippen LogP contribution in [0, 0.1) is 11.8 Å². The minimum Gasteiger partial charge on any atom is -0.322 e. The summed E-state index contributed by atoms with van der Waals surface area (Å²) < 4.78 is 43.3. The highest BCUT2D eigenvalue weighted by Crippen LogP contribution is 2.33. The zero-order chi connectivity index (χ0) is 24.4. The van der Waals surface area contributed by atoms with Crippen LogP contribution < -0.4 is 5.32 Å². The van der Waals surface area contributed by atoms with Crippen LogP contribution in [0.25, 0.3) is 11.3 Å². The number of hydrogen-bond donors (Lipinski definition) is 1. The van der Waals surface area contributed by atoms with Crippen molar-refractivity contribution >= 4 is 17.2 Å². The number of alkyl halides is 3. The number of hydrogen-bond acceptors (Lipinski definition) is 4. The summed E-state index contributed by atoms with van der Waals surface area (Å²) in [4.78, 5) is 20.9. The first-order valence-electron chi connectivity index (χ1n) is 10.3. The Kier molecular flexibility index (Phi) is 5.51. The predicted molar refractivity (Wildman–Crippen MR) is 122 cm³/mol. The molecule has 172 valence electrons. The summed E-state index contributed by atoms with van der Waals surface area (Å²) in [6.45, 7) is 0. The SMILES string of the molecule is O=C(Nc1cc(-n2ccnc2)cc(C(F)(F)F)c1)c1cccc(C#Cc2cnc3cccnn23)c1. The summed E-state index contributed by atoms with van der Waals surface area (Å²) in [7, 11) is 0. The molecule has 5 aromatic rings. The quantitative estimate of drug-likeness (QED) is 0.390. The average molecular weight is 472 g/mol. The normalized spacial score (nSPS) is 11.2. The van der Waals surface area contributed by atoms with Crippen LogP contribution >= 0.6 is 0 Å². The Hall–Kier alpha value is -4.91. The zero-order valence-electron chi connectivity index (χ0n) is 17.9. The molecule has 7 nitrogen and oxygen atoms in total. The molecule has 0 bridgehead atoms. The van der Waals surface area contributed by atoms with E-state index in [2.05, 4.69) is 32.2 Å². The van der Waals surface area contributed by atoms with Crippen molar-refractivity contribution in [3.8, 4) is 17.5 Å². The number of nitrogens with one attached hydrogen (secondary N) is 1. The Morgan fingerprint density at radius 1 is 1.00 bits per heavy atom. The number of amides is 1. The molecule has 0 aliphatic carbocycles. The number of fused-ring (bicyclic) bond motifs is 1. The number of rotatable bonds is 3. The lowest BCUT2D eigenvalue weighted by Gasteiger charge is -2.13. The first-order valence-corrected chi connectivity index (χ1v) is 10.3. The fourth-order valence-electron chi connectivity index (χ4n) is 3.40. The van der Waals surface area contributed by atoms with Gasteiger partial charge in [-0.3, -0.25) is 4.79 Å². The van der Waals surface area contributed by atoms with Crippen molar-refractivity contribution in [2.24, 2.45) is 0 Å². The number of carbonyl (C=O) groups is 1. The number of benzene rings is 2. The molecular formula is C25H15F3N6O. The largest absolute Gasteiger partial charge is 0.416 e. The molecule has 0 spiro atoms. The molecule has 10 heteroatoms. The van der Waals surface area contributed by atoms with Crippen molar-refractivity contribution < 1.29 is 18.0 Å². The summed E-state index contributed by atoms with van der Waals surface area (Å²) in [5.74, 6) is 5.37. The number of nitrogens with zero attached hydrogens (tertiary/aromatic N) is 5. The number of carbonyl (C=O) groups excluding carboxylic acids is 1. The highest BCUT2D eigenvalue weighted by atomic mass is 19.4. The third kappa shape index (κ3) is 4.74. The van der Waals surface area contributed by atoms with Gasteiger partial charge < -0.3 is 9.88 Å². The number of imidazole rings is 2. The standard InChI is InChI=1S/C25H15F3N6O/c26-25(27,28)19-12-20(14-22(13-19)33-10-9-29-16-33)32-24(35)18-4-1-3-17(11-18)6-7-21-15-30-23-5-2-8-31-34(21)23/h1-5,8-16H,(H,32,35). The highest BCUT2D eigenvalue weighted by molar-refractivity contribution is 6.04. The fraction of sp³-hybridized carbons (Fsp3) is 0.0400. The van der Waals surface area contributed by atoms with Gasteiger partial charge in [-0.2, -0.15) is 18.3 Å². The summed E-state index contributed by atoms with van der Waals surface area (Å²) in [5.41, 5.74) is 1.35. The molecule has 0 aliphatic rings. The average Bonchev–Trinajstić information content (AvgIpc) is 3.53. The molecule has 0 fully saturated rings. The van der Waals surface area contributed by atoms with Crippen LogP contribution in [0.4, 0.5) is 18.9 Å². The molecule has 0 saturated heterocycles. The molecule has 5 rings (SSSR count). The fourth-order valence-corrected chi connectivity index (χ4v) is 3.40. The molecule has 0 aliphatic heterocycles. The Labute approximate surface area is 196 Å². The third-order valence-corrected chi connectivity index (χ3v) is 5.04. The number of halogens is 3. The van der Waals surface area contributed by atoms with Crippen LogP contribution in [0.1, 0.15) is 27.2 Å². The van der Waals surface area contributed by atoms with Crippen LogP contribution in [-0.2, 0) is 6.18 Å². The van der Waals surface area contributed by atoms with Crippen molar-refractivity contribution in [2.75, 3.05) is 5.32 Å². The number of anilines is 1. The van der Waals surface area contributed by atoms with Gasteiger partial charge in [0.2, 0.25) is 0 Å². The lowest BCUT2D eigenvalue weighted by Crippen LogP contribution is -2.14. The van der Waals surface area contributed by atoms with Gasteiger partial charge in [0, 0.05) is 41.1 Å². The predicted octanol–water partition coefficient (Wildman–Crippen LogP) is 4.59. The van der Waals surface area contributed by atoms with Gasteiger partial charge in [0.25, 0.3) is 5.91 Å². The van der Waals surface area contributed by atoms with E-state index in [4.69, 9.17) is 0 Å². The second kappa shape index (κ2) is 8.79. The van der Waals surface area contributed by atoms with E-state index in [9.17, 15) is 18.0 Å². The molecule has 35 heavy (non-hydrogen) atoms. The lowest BCUT2D eigenvalue weighted by molar-refractivity contribution is -0.137. The second-order valence-electron chi connectivity index (χ2n) is 7.46. The van der Waals surface area contributed by atoms with Crippen molar-refractivity contribution in [2.45, 2.75) is 6.18 Å². The Balaban J connectivity index is 1.41. The van der Waals surface area contributed by atoms with Gasteiger partial charge in [-0.05, 0) is 54.5 Å². The van der Waals surface area contributed by atoms with E-state index in [0.29, 0.717) is 16.9 Å². The minimum absolute atomic E-state index is 0.00168. The highest BCUT2D eigenvalue weighted by Gasteiger charge is 2.31. The van der Waals surface area contributed by atoms with Crippen molar-refractivity contribution in [1.29, 1.82) is 0 Å². The smallest absolute Gasteiger partial charge is 0.322 e. The summed E-state index contributed by atoms with van der Waals surface area (Å²) in [5, 5.41) is 6.75. The van der Waals surface area contributed by atoms with E-state index in [1.807, 2.05) is 0 Å². The van der Waals surface area contributed by atoms with E-state index in [0.717, 1.165) is 12.1 Å². The Bertz CT molecular complexity index is 1590. The van der Waals surface area contributed by atoms with Gasteiger partial charge in [0.05, 0.1) is 18.1 Å². The maximum Gasteiger partial charge on any atom is 0.416 e. The molecule has 0 saturated carbocycles. The molecule has 0 radical (unpaired) electrons. The van der Waals surface area contributed by atoms with E-state index in [-0.39, 0.29) is 16.9 Å². The monoisotopic (exact) mass is 472 g/mol. The maximum atomic E-state index is 13.4. The number of aromatic nitrogens is 5. The van der Waals surface area contributed by atoms with Gasteiger partial charge in [0.1, 0.15) is 5.69 Å². The summed E-state index contributed by atoms with van der Waals surface area (Å²) in [6, 6.07) is 13.4. The van der Waals surface area contributed by atoms with Crippen molar-refractivity contribution in [3.63, 3.8) is 0 Å². The van der Waals surface area contributed by atoms with Crippen molar-refractivity contribution in [3.05, 3.63) is 108 Å². The van der Waals surface area contributed by atoms with E-state index >= 15 is 0 Å². The minimum atomic E-state index is -4.59. The summed E-state index contributed by atoms with van der Waals surface area (Å²) >= 11 is 0. The van der Waals surface area contributed by atoms with E-state index in [1.165, 1.54) is 29.4 Å². The molecular weight excluding hydrogens is 457 g/mol. The molecule has 2 aromatic carbocycles. The Morgan fingerprint density at radius 2 is 1.89 bits per heavy atom. The van der Waals surface area contributed by atoms with Crippen LogP contribution in [0.3, 0.4) is 0 Å². The van der Waals surface area contributed by atoms with Crippen LogP contribution in [0.5, 0.6) is 0 Å². The molecule has 3 heterocycles. The Morgan fingerprint density at radius 3 is 2.69 bits per heavy atom. The van der Waals surface area contributed by atoms with E-state index < -0.39 is 17.6 Å². The summed E-state index contributed by atoms with van der Waals surface area (Å²) in [6.07, 6.45) is 2.98. The molecule has 3 aromatic heterocycles. The molecule has 1 amide bonds. The molecule has 0 atom stereocenters. The van der Waals surface area contributed by atoms with Crippen LogP contribution in [-0.4, -0.2) is 30.1 Å². The van der Waals surface area contributed by atoms with Crippen LogP contribution in [0.2, 0.25) is 0 Å². The van der Waals surface area contributed by atoms with Crippen LogP contribution in [0.15, 0.2) is 85.7 Å². The maximum absolute atomic E-state index is 13.4. The van der Waals surface area contributed by atoms with E-state index in [1.54, 1.807) is 53.3 Å². The first-order chi connectivity index (χ1) is 16.9. The topological polar surface area (TPSA) is 77.1 Å². The lowest BCUT2D eigenvalue weighted by atomic mass is 10.1. The first kappa shape index (κ1) is 21.9. The van der Waals surface area contributed by atoms with Gasteiger partial charge in [-0.15, -0.1) is 0 Å². The van der Waals surface area contributed by atoms with Crippen molar-refractivity contribution in [1.82, 2.24) is 24.1 Å². The zero-order valence-corrected chi connectivity index (χ0v) is 17.9. The molecule has 0 unspecified atom stereocenters. The third-order valence-electron chi connectivity index (χ3n) is 5.04. The van der Waals surface area contributed by atoms with Gasteiger partial charge >= 0.3 is 6.18 Å². The van der Waals surface area contributed by atoms with Gasteiger partial charge in [-0.1, -0.05) is 12.0 Å².